The van der Waals surface area contributed by atoms with Crippen molar-refractivity contribution in [2.75, 3.05) is 0 Å². The first kappa shape index (κ1) is 41.0. The molecule has 0 amide bonds. The van der Waals surface area contributed by atoms with Crippen LogP contribution >= 0.6 is 0 Å². The van der Waals surface area contributed by atoms with Crippen LogP contribution in [-0.2, 0) is 20.1 Å². The fourth-order valence-corrected chi connectivity index (χ4v) is 9.48. The monoisotopic (exact) mass is 1000 g/mol. The van der Waals surface area contributed by atoms with Crippen LogP contribution in [0.5, 0.6) is 0 Å². The van der Waals surface area contributed by atoms with E-state index in [1.807, 2.05) is 97.2 Å². The zero-order chi connectivity index (χ0) is 39.8. The van der Waals surface area contributed by atoms with Crippen molar-refractivity contribution in [1.29, 1.82) is 0 Å². The number of imidazole rings is 1. The van der Waals surface area contributed by atoms with E-state index in [4.69, 9.17) is 14.4 Å². The standard InChI is InChI=1S/C36H29FN3O.C14H16GeN.Ir/c1-21(2)28-19-24(37)20-29(22(3)4)33(28)40-32-16-9-8-15-31(32)38-35(40)27-14-10-13-25-26-17-18-30(23-11-6-5-7-12-23)39-36(26)41-34(25)27;1-15(2,3)13-9-10-14(16-11-13)12-7-5-4-6-8-12;/h5-13,15-22H,1-4H3;4-7,9-11H,1-3H3;/q2*-1;. The Kier molecular flexibility index (Phi) is 12.0. The summed E-state index contributed by atoms with van der Waals surface area (Å²) in [4.78, 5) is 14.5. The van der Waals surface area contributed by atoms with Crippen molar-refractivity contribution in [2.45, 2.75) is 56.8 Å². The number of nitrogens with zero attached hydrogens (tertiary/aromatic N) is 4. The molecule has 58 heavy (non-hydrogen) atoms. The van der Waals surface area contributed by atoms with Crippen LogP contribution < -0.4 is 4.40 Å². The van der Waals surface area contributed by atoms with Gasteiger partial charge in [0, 0.05) is 36.7 Å². The summed E-state index contributed by atoms with van der Waals surface area (Å²) in [5.74, 6) is 7.81. The van der Waals surface area contributed by atoms with E-state index >= 15 is 0 Å². The van der Waals surface area contributed by atoms with Gasteiger partial charge in [0.25, 0.3) is 0 Å². The molecule has 0 atom stereocenters. The van der Waals surface area contributed by atoms with Crippen LogP contribution in [0.2, 0.25) is 17.3 Å². The Bertz CT molecular complexity index is 2810. The quantitative estimate of drug-likeness (QED) is 0.118. The molecule has 8 heteroatoms. The van der Waals surface area contributed by atoms with E-state index in [2.05, 4.69) is 90.9 Å². The molecule has 0 bridgehead atoms. The molecule has 0 spiro atoms. The number of fused-ring (bicyclic) bond motifs is 4. The molecule has 293 valence electrons. The van der Waals surface area contributed by atoms with Crippen LogP contribution in [0, 0.1) is 17.9 Å². The molecule has 5 aromatic carbocycles. The Morgan fingerprint density at radius 2 is 1.38 bits per heavy atom. The second kappa shape index (κ2) is 16.9. The maximum Gasteiger partial charge on any atom is 0 e. The van der Waals surface area contributed by atoms with E-state index in [1.165, 1.54) is 4.40 Å². The van der Waals surface area contributed by atoms with E-state index < -0.39 is 13.3 Å². The van der Waals surface area contributed by atoms with Crippen LogP contribution in [0.15, 0.2) is 138 Å². The third kappa shape index (κ3) is 8.09. The van der Waals surface area contributed by atoms with Gasteiger partial charge in [-0.1, -0.05) is 81.1 Å². The molecular formula is C50H45FGeIrN4O-2. The number of benzene rings is 5. The zero-order valence-electron chi connectivity index (χ0n) is 33.8. The number of halogens is 1. The van der Waals surface area contributed by atoms with Crippen molar-refractivity contribution in [3.8, 4) is 39.6 Å². The van der Waals surface area contributed by atoms with Gasteiger partial charge >= 0.3 is 99.8 Å². The van der Waals surface area contributed by atoms with Gasteiger partial charge < -0.3 is 8.98 Å². The predicted molar refractivity (Wildman–Crippen MR) is 235 cm³/mol. The molecule has 0 N–H and O–H groups in total. The summed E-state index contributed by atoms with van der Waals surface area (Å²) in [6, 6.07) is 48.4. The van der Waals surface area contributed by atoms with Crippen molar-refractivity contribution in [3.05, 3.63) is 163 Å². The molecule has 5 nitrogen and oxygen atoms in total. The molecule has 0 aliphatic heterocycles. The van der Waals surface area contributed by atoms with Crippen molar-refractivity contribution >= 4 is 50.8 Å². The first-order chi connectivity index (χ1) is 27.5. The summed E-state index contributed by atoms with van der Waals surface area (Å²) in [6.45, 7) is 8.40. The predicted octanol–water partition coefficient (Wildman–Crippen LogP) is 12.9. The molecule has 0 aliphatic carbocycles. The average Bonchev–Trinajstić information content (AvgIpc) is 3.79. The summed E-state index contributed by atoms with van der Waals surface area (Å²) in [5.41, 5.74) is 10.6. The first-order valence-corrected chi connectivity index (χ1v) is 26.9. The molecule has 0 fully saturated rings. The fourth-order valence-electron chi connectivity index (χ4n) is 7.31. The normalized spacial score (nSPS) is 11.6. The van der Waals surface area contributed by atoms with Crippen LogP contribution in [-0.4, -0.2) is 32.8 Å². The number of hydrogen-bond donors (Lipinski definition) is 0. The molecule has 4 aromatic heterocycles. The number of pyridine rings is 2. The molecule has 0 saturated heterocycles. The number of furan rings is 1. The molecule has 0 unspecified atom stereocenters. The topological polar surface area (TPSA) is 56.7 Å². The average molecular weight is 1000 g/mol. The van der Waals surface area contributed by atoms with Gasteiger partial charge in [0.1, 0.15) is 5.82 Å². The molecule has 9 aromatic rings. The number of rotatable bonds is 7. The Hall–Kier alpha value is -5.21. The minimum atomic E-state index is -1.72. The molecule has 0 aliphatic rings. The second-order valence-electron chi connectivity index (χ2n) is 16.1. The maximum absolute atomic E-state index is 14.9. The van der Waals surface area contributed by atoms with Gasteiger partial charge in [-0.25, -0.2) is 9.37 Å². The number of para-hydroxylation sites is 2. The summed E-state index contributed by atoms with van der Waals surface area (Å²) >= 11 is -1.72. The zero-order valence-corrected chi connectivity index (χ0v) is 38.3. The van der Waals surface area contributed by atoms with Crippen LogP contribution in [0.1, 0.15) is 50.7 Å². The Balaban J connectivity index is 0.000000254. The van der Waals surface area contributed by atoms with Crippen LogP contribution in [0.25, 0.3) is 72.7 Å². The van der Waals surface area contributed by atoms with E-state index in [0.29, 0.717) is 17.1 Å². The Morgan fingerprint density at radius 1 is 0.690 bits per heavy atom. The third-order valence-corrected chi connectivity index (χ3v) is 14.6. The van der Waals surface area contributed by atoms with Crippen molar-refractivity contribution in [2.24, 2.45) is 0 Å². The maximum atomic E-state index is 14.9. The van der Waals surface area contributed by atoms with E-state index in [9.17, 15) is 4.39 Å². The van der Waals surface area contributed by atoms with Crippen molar-refractivity contribution in [1.82, 2.24) is 19.5 Å². The number of aromatic nitrogens is 4. The molecule has 9 rings (SSSR count). The fraction of sp³-hybridized carbons (Fsp3) is 0.180. The number of hydrogen-bond acceptors (Lipinski definition) is 4. The summed E-state index contributed by atoms with van der Waals surface area (Å²) < 4.78 is 25.1. The first-order valence-electron chi connectivity index (χ1n) is 19.5. The summed E-state index contributed by atoms with van der Waals surface area (Å²) in [5, 5.41) is 1.89. The minimum Gasteiger partial charge on any atom is 0 e. The van der Waals surface area contributed by atoms with Crippen molar-refractivity contribution in [3.63, 3.8) is 0 Å². The van der Waals surface area contributed by atoms with Crippen molar-refractivity contribution < 1.29 is 28.9 Å². The van der Waals surface area contributed by atoms with Crippen LogP contribution in [0.3, 0.4) is 0 Å². The Labute approximate surface area is 356 Å². The summed E-state index contributed by atoms with van der Waals surface area (Å²) in [6.07, 6.45) is 2.04. The van der Waals surface area contributed by atoms with E-state index in [-0.39, 0.29) is 37.8 Å². The molecule has 4 heterocycles. The van der Waals surface area contributed by atoms with Gasteiger partial charge in [0.15, 0.2) is 0 Å². The second-order valence-corrected chi connectivity index (χ2v) is 26.7. The largest absolute Gasteiger partial charge is 0 e. The molecule has 0 saturated carbocycles. The van der Waals surface area contributed by atoms with Gasteiger partial charge in [0.05, 0.1) is 28.1 Å². The minimum absolute atomic E-state index is 0. The molecule has 1 radical (unpaired) electrons. The molecular weight excluding hydrogens is 956 g/mol. The van der Waals surface area contributed by atoms with E-state index in [0.717, 1.165) is 66.7 Å². The SMILES string of the molecule is CC(C)c1cc(F)cc(C(C)C)c1-n1c(-c2[c-]ccc3c2oc2nc(-c4ccccc4)ccc23)nc2ccccc21.[CH3][Ge]([CH3])([CH3])[c]1ccc(-c2[c-]cccc2)nc1.[Ir]. The van der Waals surface area contributed by atoms with Crippen LogP contribution in [0.4, 0.5) is 4.39 Å². The summed E-state index contributed by atoms with van der Waals surface area (Å²) in [7, 11) is 0. The third-order valence-electron chi connectivity index (χ3n) is 10.4. The smallest absolute Gasteiger partial charge is 0 e. The van der Waals surface area contributed by atoms with Gasteiger partial charge in [-0.3, -0.25) is 4.98 Å². The van der Waals surface area contributed by atoms with Gasteiger partial charge in [-0.2, -0.15) is 0 Å². The Morgan fingerprint density at radius 3 is 2.03 bits per heavy atom. The van der Waals surface area contributed by atoms with E-state index in [1.54, 1.807) is 12.1 Å². The van der Waals surface area contributed by atoms with Gasteiger partial charge in [0.2, 0.25) is 5.71 Å². The van der Waals surface area contributed by atoms with Gasteiger partial charge in [-0.05, 0) is 59.4 Å². The van der Waals surface area contributed by atoms with Gasteiger partial charge in [-0.15, -0.1) is 18.2 Å².